The third-order valence-corrected chi connectivity index (χ3v) is 2.71. The Kier molecular flexibility index (Phi) is 4.28. The Balaban J connectivity index is 1.88. The van der Waals surface area contributed by atoms with E-state index in [9.17, 15) is 4.39 Å². The lowest BCUT2D eigenvalue weighted by Crippen LogP contribution is -2.13. The fourth-order valence-electron chi connectivity index (χ4n) is 1.65. The Morgan fingerprint density at radius 1 is 1.16 bits per heavy atom. The molecule has 0 radical (unpaired) electrons. The molecule has 4 nitrogen and oxygen atoms in total. The highest BCUT2D eigenvalue weighted by atomic mass is 19.1. The van der Waals surface area contributed by atoms with Crippen LogP contribution in [0.3, 0.4) is 0 Å². The van der Waals surface area contributed by atoms with Crippen molar-refractivity contribution in [1.29, 1.82) is 0 Å². The highest BCUT2D eigenvalue weighted by molar-refractivity contribution is 5.40. The van der Waals surface area contributed by atoms with Gasteiger partial charge in [0.1, 0.15) is 11.6 Å². The van der Waals surface area contributed by atoms with E-state index in [-0.39, 0.29) is 5.82 Å². The van der Waals surface area contributed by atoms with Gasteiger partial charge < -0.3 is 10.2 Å². The summed E-state index contributed by atoms with van der Waals surface area (Å²) in [6, 6.07) is 8.37. The van der Waals surface area contributed by atoms with Crippen LogP contribution in [0.5, 0.6) is 0 Å². The monoisotopic (exact) mass is 260 g/mol. The van der Waals surface area contributed by atoms with E-state index in [2.05, 4.69) is 15.3 Å². The van der Waals surface area contributed by atoms with Gasteiger partial charge in [0.25, 0.3) is 0 Å². The molecular formula is C14H17FN4. The SMILES string of the molecule is CN(C)c1ccnc(NCCc2ccc(F)cc2)n1. The quantitative estimate of drug-likeness (QED) is 0.896. The zero-order valence-electron chi connectivity index (χ0n) is 11.1. The van der Waals surface area contributed by atoms with Gasteiger partial charge in [-0.15, -0.1) is 0 Å². The number of hydrogen-bond acceptors (Lipinski definition) is 4. The van der Waals surface area contributed by atoms with Crippen LogP contribution in [-0.2, 0) is 6.42 Å². The van der Waals surface area contributed by atoms with Crippen molar-refractivity contribution in [1.82, 2.24) is 9.97 Å². The molecule has 19 heavy (non-hydrogen) atoms. The number of nitrogens with one attached hydrogen (secondary N) is 1. The van der Waals surface area contributed by atoms with Gasteiger partial charge in [-0.3, -0.25) is 0 Å². The fraction of sp³-hybridized carbons (Fsp3) is 0.286. The van der Waals surface area contributed by atoms with Gasteiger partial charge in [-0.1, -0.05) is 12.1 Å². The summed E-state index contributed by atoms with van der Waals surface area (Å²) in [5.41, 5.74) is 1.08. The molecule has 1 N–H and O–H groups in total. The first-order valence-corrected chi connectivity index (χ1v) is 6.14. The molecule has 0 saturated carbocycles. The maximum atomic E-state index is 12.8. The summed E-state index contributed by atoms with van der Waals surface area (Å²) in [6.45, 7) is 0.711. The minimum Gasteiger partial charge on any atom is -0.363 e. The van der Waals surface area contributed by atoms with E-state index in [1.165, 1.54) is 12.1 Å². The summed E-state index contributed by atoms with van der Waals surface area (Å²) in [5.74, 6) is 1.26. The van der Waals surface area contributed by atoms with Crippen LogP contribution in [0.4, 0.5) is 16.2 Å². The Morgan fingerprint density at radius 3 is 2.58 bits per heavy atom. The van der Waals surface area contributed by atoms with E-state index in [1.54, 1.807) is 18.3 Å². The molecule has 0 aliphatic heterocycles. The van der Waals surface area contributed by atoms with Crippen molar-refractivity contribution < 1.29 is 4.39 Å². The van der Waals surface area contributed by atoms with Crippen LogP contribution >= 0.6 is 0 Å². The molecule has 1 aromatic carbocycles. The molecule has 100 valence electrons. The molecule has 2 rings (SSSR count). The normalized spacial score (nSPS) is 10.3. The number of nitrogens with zero attached hydrogens (tertiary/aromatic N) is 3. The molecule has 5 heteroatoms. The van der Waals surface area contributed by atoms with E-state index >= 15 is 0 Å². The first kappa shape index (κ1) is 13.3. The lowest BCUT2D eigenvalue weighted by Gasteiger charge is -2.12. The van der Waals surface area contributed by atoms with Crippen molar-refractivity contribution in [2.24, 2.45) is 0 Å². The summed E-state index contributed by atoms with van der Waals surface area (Å²) in [6.07, 6.45) is 2.53. The second kappa shape index (κ2) is 6.13. The number of hydrogen-bond donors (Lipinski definition) is 1. The average Bonchev–Trinajstić information content (AvgIpc) is 2.41. The molecule has 1 heterocycles. The summed E-state index contributed by atoms with van der Waals surface area (Å²) >= 11 is 0. The largest absolute Gasteiger partial charge is 0.363 e. The molecule has 2 aromatic rings. The molecule has 1 aromatic heterocycles. The zero-order chi connectivity index (χ0) is 13.7. The number of halogens is 1. The van der Waals surface area contributed by atoms with E-state index in [0.29, 0.717) is 12.5 Å². The first-order chi connectivity index (χ1) is 9.15. The minimum atomic E-state index is -0.210. The minimum absolute atomic E-state index is 0.210. The number of aromatic nitrogens is 2. The smallest absolute Gasteiger partial charge is 0.224 e. The zero-order valence-corrected chi connectivity index (χ0v) is 11.1. The molecule has 0 saturated heterocycles. The highest BCUT2D eigenvalue weighted by Crippen LogP contribution is 2.09. The Bertz CT molecular complexity index is 525. The average molecular weight is 260 g/mol. The molecule has 0 spiro atoms. The Hall–Kier alpha value is -2.17. The van der Waals surface area contributed by atoms with Gasteiger partial charge in [0.15, 0.2) is 0 Å². The highest BCUT2D eigenvalue weighted by Gasteiger charge is 2.00. The lowest BCUT2D eigenvalue weighted by molar-refractivity contribution is 0.627. The third kappa shape index (κ3) is 3.91. The molecule has 0 fully saturated rings. The summed E-state index contributed by atoms with van der Waals surface area (Å²) in [4.78, 5) is 10.4. The van der Waals surface area contributed by atoms with Crippen molar-refractivity contribution in [2.45, 2.75) is 6.42 Å². The van der Waals surface area contributed by atoms with E-state index in [1.807, 2.05) is 25.1 Å². The maximum Gasteiger partial charge on any atom is 0.224 e. The van der Waals surface area contributed by atoms with E-state index in [0.717, 1.165) is 17.8 Å². The van der Waals surface area contributed by atoms with Crippen LogP contribution in [0.25, 0.3) is 0 Å². The van der Waals surface area contributed by atoms with Crippen molar-refractivity contribution in [3.63, 3.8) is 0 Å². The lowest BCUT2D eigenvalue weighted by atomic mass is 10.1. The number of anilines is 2. The molecule has 0 bridgehead atoms. The molecule has 0 unspecified atom stereocenters. The maximum absolute atomic E-state index is 12.8. The second-order valence-corrected chi connectivity index (χ2v) is 4.44. The van der Waals surface area contributed by atoms with Crippen LogP contribution in [0, 0.1) is 5.82 Å². The summed E-state index contributed by atoms with van der Waals surface area (Å²) in [5, 5.41) is 3.16. The first-order valence-electron chi connectivity index (χ1n) is 6.14. The standard InChI is InChI=1S/C14H17FN4/c1-19(2)13-8-10-17-14(18-13)16-9-7-11-3-5-12(15)6-4-11/h3-6,8,10H,7,9H2,1-2H3,(H,16,17,18). The predicted octanol–water partition coefficient (Wildman–Crippen LogP) is 2.34. The van der Waals surface area contributed by atoms with Crippen LogP contribution in [0.15, 0.2) is 36.5 Å². The topological polar surface area (TPSA) is 41.1 Å². The molecule has 0 aliphatic rings. The van der Waals surface area contributed by atoms with Gasteiger partial charge >= 0.3 is 0 Å². The van der Waals surface area contributed by atoms with Gasteiger partial charge in [-0.25, -0.2) is 9.37 Å². The van der Waals surface area contributed by atoms with Crippen molar-refractivity contribution in [3.05, 3.63) is 47.9 Å². The van der Waals surface area contributed by atoms with Crippen molar-refractivity contribution in [2.75, 3.05) is 30.9 Å². The van der Waals surface area contributed by atoms with Crippen LogP contribution < -0.4 is 10.2 Å². The van der Waals surface area contributed by atoms with Gasteiger partial charge in [-0.05, 0) is 30.2 Å². The summed E-state index contributed by atoms with van der Waals surface area (Å²) in [7, 11) is 3.87. The third-order valence-electron chi connectivity index (χ3n) is 2.71. The second-order valence-electron chi connectivity index (χ2n) is 4.44. The van der Waals surface area contributed by atoms with E-state index < -0.39 is 0 Å². The van der Waals surface area contributed by atoms with Gasteiger partial charge in [-0.2, -0.15) is 4.98 Å². The van der Waals surface area contributed by atoms with E-state index in [4.69, 9.17) is 0 Å². The van der Waals surface area contributed by atoms with Crippen LogP contribution in [0.1, 0.15) is 5.56 Å². The fourth-order valence-corrected chi connectivity index (χ4v) is 1.65. The van der Waals surface area contributed by atoms with Gasteiger partial charge in [0, 0.05) is 26.8 Å². The van der Waals surface area contributed by atoms with Crippen molar-refractivity contribution in [3.8, 4) is 0 Å². The van der Waals surface area contributed by atoms with Crippen LogP contribution in [0.2, 0.25) is 0 Å². The number of benzene rings is 1. The predicted molar refractivity (Wildman–Crippen MR) is 75.0 cm³/mol. The van der Waals surface area contributed by atoms with Crippen molar-refractivity contribution >= 4 is 11.8 Å². The molecular weight excluding hydrogens is 243 g/mol. The molecule has 0 amide bonds. The Morgan fingerprint density at radius 2 is 1.89 bits per heavy atom. The van der Waals surface area contributed by atoms with Gasteiger partial charge in [0.2, 0.25) is 5.95 Å². The number of rotatable bonds is 5. The molecule has 0 aliphatic carbocycles. The summed E-state index contributed by atoms with van der Waals surface area (Å²) < 4.78 is 12.8. The Labute approximate surface area is 112 Å². The molecule has 0 atom stereocenters. The van der Waals surface area contributed by atoms with Gasteiger partial charge in [0.05, 0.1) is 0 Å². The van der Waals surface area contributed by atoms with Crippen LogP contribution in [-0.4, -0.2) is 30.6 Å².